The number of amides is 1. The van der Waals surface area contributed by atoms with Crippen molar-refractivity contribution in [3.63, 3.8) is 0 Å². The van der Waals surface area contributed by atoms with Crippen LogP contribution in [0.25, 0.3) is 0 Å². The third-order valence-corrected chi connectivity index (χ3v) is 1.93. The lowest BCUT2D eigenvalue weighted by atomic mass is 10.2. The van der Waals surface area contributed by atoms with Gasteiger partial charge in [-0.2, -0.15) is 0 Å². The minimum absolute atomic E-state index is 0.0585. The molecule has 0 aliphatic carbocycles. The fourth-order valence-electron chi connectivity index (χ4n) is 1.17. The number of hydrogen-bond donors (Lipinski definition) is 3. The summed E-state index contributed by atoms with van der Waals surface area (Å²) < 4.78 is 26.1. The monoisotopic (exact) mass is 229 g/mol. The molecular formula is C10H13F2N3O. The SMILES string of the molecule is CCNC(=O)CNc1c(N)ccc(F)c1F. The van der Waals surface area contributed by atoms with Crippen LogP contribution in [-0.4, -0.2) is 19.0 Å². The van der Waals surface area contributed by atoms with Crippen LogP contribution in [0.2, 0.25) is 0 Å². The second-order valence-electron chi connectivity index (χ2n) is 3.13. The predicted octanol–water partition coefficient (Wildman–Crippen LogP) is 1.09. The molecule has 0 aliphatic rings. The van der Waals surface area contributed by atoms with E-state index in [1.807, 2.05) is 0 Å². The van der Waals surface area contributed by atoms with E-state index < -0.39 is 11.6 Å². The van der Waals surface area contributed by atoms with E-state index in [0.29, 0.717) is 6.54 Å². The minimum Gasteiger partial charge on any atom is -0.397 e. The second-order valence-corrected chi connectivity index (χ2v) is 3.13. The summed E-state index contributed by atoms with van der Waals surface area (Å²) in [6.45, 7) is 2.08. The van der Waals surface area contributed by atoms with Gasteiger partial charge in [0.2, 0.25) is 5.91 Å². The van der Waals surface area contributed by atoms with E-state index in [4.69, 9.17) is 5.73 Å². The second kappa shape index (κ2) is 5.29. The maximum atomic E-state index is 13.2. The largest absolute Gasteiger partial charge is 0.397 e. The van der Waals surface area contributed by atoms with Gasteiger partial charge in [0.05, 0.1) is 17.9 Å². The molecule has 4 N–H and O–H groups in total. The zero-order chi connectivity index (χ0) is 12.1. The van der Waals surface area contributed by atoms with E-state index in [9.17, 15) is 13.6 Å². The summed E-state index contributed by atoms with van der Waals surface area (Å²) in [6, 6.07) is 2.17. The standard InChI is InChI=1S/C10H13F2N3O/c1-2-14-8(16)5-15-10-7(13)4-3-6(11)9(10)12/h3-4,15H,2,5,13H2,1H3,(H,14,16). The van der Waals surface area contributed by atoms with Crippen molar-refractivity contribution in [1.29, 1.82) is 0 Å². The fourth-order valence-corrected chi connectivity index (χ4v) is 1.17. The van der Waals surface area contributed by atoms with Gasteiger partial charge in [0, 0.05) is 6.54 Å². The summed E-state index contributed by atoms with van der Waals surface area (Å²) in [6.07, 6.45) is 0. The van der Waals surface area contributed by atoms with Crippen LogP contribution in [0.15, 0.2) is 12.1 Å². The highest BCUT2D eigenvalue weighted by Gasteiger charge is 2.12. The molecule has 88 valence electrons. The molecule has 0 bridgehead atoms. The molecule has 16 heavy (non-hydrogen) atoms. The normalized spacial score (nSPS) is 9.94. The Morgan fingerprint density at radius 2 is 2.12 bits per heavy atom. The molecule has 0 aliphatic heterocycles. The number of benzene rings is 1. The lowest BCUT2D eigenvalue weighted by molar-refractivity contribution is -0.119. The Morgan fingerprint density at radius 3 is 2.75 bits per heavy atom. The molecular weight excluding hydrogens is 216 g/mol. The number of rotatable bonds is 4. The Labute approximate surface area is 91.8 Å². The van der Waals surface area contributed by atoms with Crippen molar-refractivity contribution in [3.05, 3.63) is 23.8 Å². The molecule has 1 amide bonds. The molecule has 4 nitrogen and oxygen atoms in total. The minimum atomic E-state index is -1.08. The smallest absolute Gasteiger partial charge is 0.239 e. The molecule has 0 saturated carbocycles. The van der Waals surface area contributed by atoms with Gasteiger partial charge >= 0.3 is 0 Å². The van der Waals surface area contributed by atoms with Crippen LogP contribution in [0.5, 0.6) is 0 Å². The number of nitrogens with one attached hydrogen (secondary N) is 2. The number of nitrogens with two attached hydrogens (primary N) is 1. The van der Waals surface area contributed by atoms with Gasteiger partial charge in [-0.05, 0) is 19.1 Å². The van der Waals surface area contributed by atoms with Crippen LogP contribution >= 0.6 is 0 Å². The van der Waals surface area contributed by atoms with Gasteiger partial charge in [0.15, 0.2) is 11.6 Å². The lowest BCUT2D eigenvalue weighted by Crippen LogP contribution is -2.29. The van der Waals surface area contributed by atoms with Gasteiger partial charge < -0.3 is 16.4 Å². The number of carbonyl (C=O) groups is 1. The van der Waals surface area contributed by atoms with Crippen LogP contribution in [0.4, 0.5) is 20.2 Å². The summed E-state index contributed by atoms with van der Waals surface area (Å²) in [5.41, 5.74) is 5.32. The molecule has 1 aromatic carbocycles. The molecule has 0 atom stereocenters. The molecule has 0 spiro atoms. The third-order valence-electron chi connectivity index (χ3n) is 1.93. The maximum absolute atomic E-state index is 13.2. The van der Waals surface area contributed by atoms with Crippen molar-refractivity contribution in [2.75, 3.05) is 24.1 Å². The van der Waals surface area contributed by atoms with Crippen molar-refractivity contribution in [2.45, 2.75) is 6.92 Å². The van der Waals surface area contributed by atoms with Crippen molar-refractivity contribution < 1.29 is 13.6 Å². The molecule has 0 unspecified atom stereocenters. The first-order valence-electron chi connectivity index (χ1n) is 4.80. The van der Waals surface area contributed by atoms with Crippen LogP contribution in [0, 0.1) is 11.6 Å². The first-order chi connectivity index (χ1) is 7.56. The quantitative estimate of drug-likeness (QED) is 0.677. The van der Waals surface area contributed by atoms with Gasteiger partial charge in [-0.15, -0.1) is 0 Å². The summed E-state index contributed by atoms with van der Waals surface area (Å²) in [5.74, 6) is -2.40. The van der Waals surface area contributed by atoms with Crippen LogP contribution < -0.4 is 16.4 Å². The number of likely N-dealkylation sites (N-methyl/N-ethyl adjacent to an activating group) is 1. The predicted molar refractivity (Wildman–Crippen MR) is 57.9 cm³/mol. The Kier molecular flexibility index (Phi) is 4.04. The van der Waals surface area contributed by atoms with Gasteiger partial charge in [-0.25, -0.2) is 8.78 Å². The summed E-state index contributed by atoms with van der Waals surface area (Å²) in [4.78, 5) is 11.1. The van der Waals surface area contributed by atoms with Gasteiger partial charge in [0.25, 0.3) is 0 Å². The van der Waals surface area contributed by atoms with E-state index >= 15 is 0 Å². The Bertz CT molecular complexity index is 396. The first-order valence-corrected chi connectivity index (χ1v) is 4.80. The zero-order valence-corrected chi connectivity index (χ0v) is 8.81. The molecule has 0 aromatic heterocycles. The Morgan fingerprint density at radius 1 is 1.44 bits per heavy atom. The number of anilines is 2. The van der Waals surface area contributed by atoms with Gasteiger partial charge in [-0.1, -0.05) is 0 Å². The maximum Gasteiger partial charge on any atom is 0.239 e. The van der Waals surface area contributed by atoms with E-state index in [1.54, 1.807) is 6.92 Å². The summed E-state index contributed by atoms with van der Waals surface area (Å²) in [7, 11) is 0. The van der Waals surface area contributed by atoms with E-state index in [1.165, 1.54) is 6.07 Å². The average Bonchev–Trinajstić information content (AvgIpc) is 2.24. The molecule has 1 rings (SSSR count). The van der Waals surface area contributed by atoms with Crippen molar-refractivity contribution in [1.82, 2.24) is 5.32 Å². The van der Waals surface area contributed by atoms with Crippen molar-refractivity contribution in [3.8, 4) is 0 Å². The van der Waals surface area contributed by atoms with Crippen LogP contribution in [0.3, 0.4) is 0 Å². The highest BCUT2D eigenvalue weighted by Crippen LogP contribution is 2.23. The fraction of sp³-hybridized carbons (Fsp3) is 0.300. The molecule has 6 heteroatoms. The summed E-state index contributed by atoms with van der Waals surface area (Å²) in [5, 5.41) is 4.97. The molecule has 1 aromatic rings. The Hall–Kier alpha value is -1.85. The molecule has 0 heterocycles. The number of hydrogen-bond acceptors (Lipinski definition) is 3. The molecule has 0 saturated heterocycles. The van der Waals surface area contributed by atoms with Crippen molar-refractivity contribution in [2.24, 2.45) is 0 Å². The molecule has 0 fully saturated rings. The summed E-state index contributed by atoms with van der Waals surface area (Å²) >= 11 is 0. The highest BCUT2D eigenvalue weighted by molar-refractivity contribution is 5.82. The van der Waals surface area contributed by atoms with Crippen molar-refractivity contribution >= 4 is 17.3 Å². The van der Waals surface area contributed by atoms with Crippen LogP contribution in [-0.2, 0) is 4.79 Å². The van der Waals surface area contributed by atoms with Gasteiger partial charge in [-0.3, -0.25) is 4.79 Å². The lowest BCUT2D eigenvalue weighted by Gasteiger charge is -2.10. The number of carbonyl (C=O) groups excluding carboxylic acids is 1. The van der Waals surface area contributed by atoms with Gasteiger partial charge in [0.1, 0.15) is 0 Å². The van der Waals surface area contributed by atoms with E-state index in [0.717, 1.165) is 6.07 Å². The molecule has 0 radical (unpaired) electrons. The first kappa shape index (κ1) is 12.2. The topological polar surface area (TPSA) is 67.2 Å². The highest BCUT2D eigenvalue weighted by atomic mass is 19.2. The Balaban J connectivity index is 2.74. The number of halogens is 2. The third kappa shape index (κ3) is 2.82. The number of nitrogen functional groups attached to an aromatic ring is 1. The zero-order valence-electron chi connectivity index (χ0n) is 8.81. The van der Waals surface area contributed by atoms with E-state index in [-0.39, 0.29) is 23.8 Å². The van der Waals surface area contributed by atoms with Crippen LogP contribution in [0.1, 0.15) is 6.92 Å². The van der Waals surface area contributed by atoms with E-state index in [2.05, 4.69) is 10.6 Å². The average molecular weight is 229 g/mol.